The number of phenolic OH excluding ortho intramolecular Hbond substituents is 1. The van der Waals surface area contributed by atoms with Crippen LogP contribution in [-0.4, -0.2) is 29.4 Å². The Kier molecular flexibility index (Phi) is 7.98. The number of carbonyl (C=O) groups is 1. The van der Waals surface area contributed by atoms with E-state index in [9.17, 15) is 4.79 Å². The van der Waals surface area contributed by atoms with Crippen LogP contribution >= 0.6 is 0 Å². The molecule has 0 amide bonds. The van der Waals surface area contributed by atoms with Gasteiger partial charge in [-0.3, -0.25) is 0 Å². The smallest absolute Gasteiger partial charge is 0.333 e. The highest BCUT2D eigenvalue weighted by Crippen LogP contribution is 2.09. The number of carbonyl (C=O) groups excluding carboxylic acids is 1. The first-order chi connectivity index (χ1) is 8.51. The predicted octanol–water partition coefficient (Wildman–Crippen LogP) is 2.13. The second kappa shape index (κ2) is 9.01. The van der Waals surface area contributed by atoms with Crippen LogP contribution < -0.4 is 0 Å². The molecule has 0 radical (unpaired) electrons. The molecule has 2 N–H and O–H groups in total. The van der Waals surface area contributed by atoms with Crippen molar-refractivity contribution in [1.29, 1.82) is 0 Å². The summed E-state index contributed by atoms with van der Waals surface area (Å²) in [6, 6.07) is 6.89. The van der Waals surface area contributed by atoms with Crippen molar-refractivity contribution in [3.8, 4) is 5.75 Å². The Labute approximate surface area is 107 Å². The highest BCUT2D eigenvalue weighted by molar-refractivity contribution is 5.86. The van der Waals surface area contributed by atoms with Gasteiger partial charge in [0.2, 0.25) is 0 Å². The van der Waals surface area contributed by atoms with Crippen molar-refractivity contribution in [2.24, 2.45) is 0 Å². The number of aromatic hydroxyl groups is 1. The summed E-state index contributed by atoms with van der Waals surface area (Å²) in [6.07, 6.45) is 1.74. The number of hydrogen-bond acceptors (Lipinski definition) is 4. The van der Waals surface area contributed by atoms with Crippen LogP contribution in [0.1, 0.15) is 12.5 Å². The number of phenols is 1. The maximum absolute atomic E-state index is 10.5. The fraction of sp³-hybridized carbons (Fsp3) is 0.214. The maximum atomic E-state index is 10.5. The fourth-order valence-corrected chi connectivity index (χ4v) is 0.872. The van der Waals surface area contributed by atoms with Gasteiger partial charge in [-0.2, -0.15) is 0 Å². The van der Waals surface area contributed by atoms with Crippen LogP contribution in [0.4, 0.5) is 0 Å². The molecule has 0 atom stereocenters. The van der Waals surface area contributed by atoms with Gasteiger partial charge in [0.05, 0.1) is 6.61 Å². The molecule has 4 heteroatoms. The van der Waals surface area contributed by atoms with Crippen molar-refractivity contribution < 1.29 is 19.7 Å². The first kappa shape index (κ1) is 15.9. The molecular weight excluding hydrogens is 232 g/mol. The van der Waals surface area contributed by atoms with E-state index in [2.05, 4.69) is 17.9 Å². The van der Waals surface area contributed by atoms with Crippen molar-refractivity contribution in [3.63, 3.8) is 0 Å². The number of hydrogen-bond donors (Lipinski definition) is 2. The van der Waals surface area contributed by atoms with Crippen LogP contribution in [-0.2, 0) is 9.53 Å². The standard InChI is InChI=1S/C8H8O.C6H10O3/c1-2-7-3-5-8(9)6-4-7;1-5(2)6(8)9-4-3-7/h2-6,9H,1H2;7H,1,3-4H2,2H3. The number of ether oxygens (including phenoxy) is 1. The van der Waals surface area contributed by atoms with E-state index in [1.54, 1.807) is 25.1 Å². The van der Waals surface area contributed by atoms with Gasteiger partial charge < -0.3 is 14.9 Å². The molecule has 0 bridgehead atoms. The largest absolute Gasteiger partial charge is 0.508 e. The number of esters is 1. The molecule has 0 heterocycles. The Morgan fingerprint density at radius 2 is 1.94 bits per heavy atom. The third-order valence-electron chi connectivity index (χ3n) is 1.80. The van der Waals surface area contributed by atoms with Crippen molar-refractivity contribution in [3.05, 3.63) is 48.6 Å². The molecule has 18 heavy (non-hydrogen) atoms. The molecule has 0 spiro atoms. The summed E-state index contributed by atoms with van der Waals surface area (Å²) < 4.78 is 4.46. The average Bonchev–Trinajstić information content (AvgIpc) is 2.37. The van der Waals surface area contributed by atoms with E-state index in [-0.39, 0.29) is 13.2 Å². The van der Waals surface area contributed by atoms with E-state index >= 15 is 0 Å². The first-order valence-corrected chi connectivity index (χ1v) is 5.36. The molecule has 1 rings (SSSR count). The van der Waals surface area contributed by atoms with Crippen molar-refractivity contribution in [2.75, 3.05) is 13.2 Å². The lowest BCUT2D eigenvalue weighted by Gasteiger charge is -1.99. The van der Waals surface area contributed by atoms with E-state index in [0.29, 0.717) is 11.3 Å². The minimum atomic E-state index is -0.455. The van der Waals surface area contributed by atoms with Crippen LogP contribution in [0, 0.1) is 0 Å². The zero-order valence-corrected chi connectivity index (χ0v) is 10.4. The van der Waals surface area contributed by atoms with Gasteiger partial charge in [-0.25, -0.2) is 4.79 Å². The molecule has 4 nitrogen and oxygen atoms in total. The molecule has 0 aliphatic heterocycles. The van der Waals surface area contributed by atoms with E-state index in [1.807, 2.05) is 12.1 Å². The van der Waals surface area contributed by atoms with Crippen molar-refractivity contribution in [1.82, 2.24) is 0 Å². The lowest BCUT2D eigenvalue weighted by atomic mass is 10.2. The molecule has 0 fully saturated rings. The lowest BCUT2D eigenvalue weighted by molar-refractivity contribution is -0.139. The number of rotatable bonds is 4. The Morgan fingerprint density at radius 1 is 1.39 bits per heavy atom. The topological polar surface area (TPSA) is 66.8 Å². The molecule has 0 saturated carbocycles. The molecule has 0 saturated heterocycles. The number of aliphatic hydroxyl groups excluding tert-OH is 1. The second-order valence-electron chi connectivity index (χ2n) is 3.44. The summed E-state index contributed by atoms with van der Waals surface area (Å²) in [6.45, 7) is 8.39. The van der Waals surface area contributed by atoms with Gasteiger partial charge >= 0.3 is 5.97 Å². The Morgan fingerprint density at radius 3 is 2.33 bits per heavy atom. The summed E-state index contributed by atoms with van der Waals surface area (Å²) in [5.74, 6) is -0.162. The highest BCUT2D eigenvalue weighted by Gasteiger charge is 1.99. The summed E-state index contributed by atoms with van der Waals surface area (Å²) in [5.41, 5.74) is 1.37. The van der Waals surface area contributed by atoms with E-state index < -0.39 is 5.97 Å². The van der Waals surface area contributed by atoms with E-state index in [1.165, 1.54) is 0 Å². The highest BCUT2D eigenvalue weighted by atomic mass is 16.5. The van der Waals surface area contributed by atoms with Crippen molar-refractivity contribution in [2.45, 2.75) is 6.92 Å². The van der Waals surface area contributed by atoms with Crippen LogP contribution in [0.25, 0.3) is 6.08 Å². The summed E-state index contributed by atoms with van der Waals surface area (Å²) in [4.78, 5) is 10.5. The Bertz CT molecular complexity index is 393. The molecular formula is C14H18O4. The van der Waals surface area contributed by atoms with Gasteiger partial charge in [-0.15, -0.1) is 0 Å². The van der Waals surface area contributed by atoms with Gasteiger partial charge in [-0.1, -0.05) is 31.4 Å². The first-order valence-electron chi connectivity index (χ1n) is 5.36. The van der Waals surface area contributed by atoms with E-state index in [0.717, 1.165) is 5.56 Å². The van der Waals surface area contributed by atoms with Crippen LogP contribution in [0.3, 0.4) is 0 Å². The quantitative estimate of drug-likeness (QED) is 0.634. The predicted molar refractivity (Wildman–Crippen MR) is 71.1 cm³/mol. The Hall–Kier alpha value is -2.07. The molecule has 1 aromatic rings. The van der Waals surface area contributed by atoms with Crippen LogP contribution in [0.5, 0.6) is 5.75 Å². The van der Waals surface area contributed by atoms with E-state index in [4.69, 9.17) is 10.2 Å². The van der Waals surface area contributed by atoms with Gasteiger partial charge in [0.25, 0.3) is 0 Å². The third-order valence-corrected chi connectivity index (χ3v) is 1.80. The van der Waals surface area contributed by atoms with Crippen LogP contribution in [0.2, 0.25) is 0 Å². The molecule has 0 unspecified atom stereocenters. The van der Waals surface area contributed by atoms with Gasteiger partial charge in [0.1, 0.15) is 12.4 Å². The zero-order valence-electron chi connectivity index (χ0n) is 10.4. The maximum Gasteiger partial charge on any atom is 0.333 e. The lowest BCUT2D eigenvalue weighted by Crippen LogP contribution is -2.08. The normalized spacial score (nSPS) is 8.78. The average molecular weight is 250 g/mol. The summed E-state index contributed by atoms with van der Waals surface area (Å²) >= 11 is 0. The third kappa shape index (κ3) is 7.24. The SMILES string of the molecule is C=C(C)C(=O)OCCO.C=Cc1ccc(O)cc1. The van der Waals surface area contributed by atoms with Crippen molar-refractivity contribution >= 4 is 12.0 Å². The number of benzene rings is 1. The number of aliphatic hydroxyl groups is 1. The van der Waals surface area contributed by atoms with Crippen LogP contribution in [0.15, 0.2) is 43.0 Å². The van der Waals surface area contributed by atoms with Gasteiger partial charge in [-0.05, 0) is 24.6 Å². The molecule has 0 aliphatic rings. The minimum Gasteiger partial charge on any atom is -0.508 e. The minimum absolute atomic E-state index is 0.0473. The monoisotopic (exact) mass is 250 g/mol. The molecule has 98 valence electrons. The summed E-state index contributed by atoms with van der Waals surface area (Å²) in [7, 11) is 0. The second-order valence-corrected chi connectivity index (χ2v) is 3.44. The molecule has 0 aromatic heterocycles. The molecule has 0 aliphatic carbocycles. The van der Waals surface area contributed by atoms with Gasteiger partial charge in [0.15, 0.2) is 0 Å². The Balaban J connectivity index is 0.000000321. The fourth-order valence-electron chi connectivity index (χ4n) is 0.872. The summed E-state index contributed by atoms with van der Waals surface area (Å²) in [5, 5.41) is 17.0. The molecule has 1 aromatic carbocycles. The van der Waals surface area contributed by atoms with Gasteiger partial charge in [0, 0.05) is 5.57 Å². The zero-order chi connectivity index (χ0) is 14.0.